The monoisotopic (exact) mass is 368 g/mol. The summed E-state index contributed by atoms with van der Waals surface area (Å²) in [5, 5.41) is 1.69. The summed E-state index contributed by atoms with van der Waals surface area (Å²) in [6, 6.07) is 6.92. The minimum Gasteiger partial charge on any atom is -0.207 e. The van der Waals surface area contributed by atoms with Gasteiger partial charge in [0.25, 0.3) is 0 Å². The van der Waals surface area contributed by atoms with Crippen LogP contribution in [0.2, 0.25) is 0 Å². The Hall–Kier alpha value is 0.460. The Bertz CT molecular complexity index is 327. The van der Waals surface area contributed by atoms with Gasteiger partial charge in [-0.15, -0.1) is 0 Å². The zero-order valence-electron chi connectivity index (χ0n) is 9.18. The zero-order chi connectivity index (χ0) is 12.0. The Morgan fingerprint density at radius 3 is 2.50 bits per heavy atom. The Morgan fingerprint density at radius 1 is 1.31 bits per heavy atom. The molecule has 1 rings (SSSR count). The molecule has 16 heavy (non-hydrogen) atoms. The molecular weight excluding hydrogens is 355 g/mol. The third-order valence-electron chi connectivity index (χ3n) is 2.73. The molecule has 1 aromatic rings. The standard InChI is InChI=1S/C12H15Br2FS/c1-16-6-5-12(8-13,9-14)10-3-2-4-11(15)7-10/h2-4,7H,5-6,8-9H2,1H3. The van der Waals surface area contributed by atoms with Gasteiger partial charge in [0.1, 0.15) is 5.82 Å². The minimum absolute atomic E-state index is 0.00882. The van der Waals surface area contributed by atoms with Crippen LogP contribution in [0.3, 0.4) is 0 Å². The maximum Gasteiger partial charge on any atom is 0.123 e. The Kier molecular flexibility index (Phi) is 6.37. The van der Waals surface area contributed by atoms with Crippen LogP contribution < -0.4 is 0 Å². The molecule has 90 valence electrons. The average molecular weight is 370 g/mol. The molecular formula is C12H15Br2FS. The Balaban J connectivity index is 2.99. The van der Waals surface area contributed by atoms with Crippen LogP contribution in [-0.2, 0) is 5.41 Å². The van der Waals surface area contributed by atoms with Crippen LogP contribution in [0.25, 0.3) is 0 Å². The van der Waals surface area contributed by atoms with Crippen molar-refractivity contribution in [3.05, 3.63) is 35.6 Å². The fourth-order valence-electron chi connectivity index (χ4n) is 1.58. The van der Waals surface area contributed by atoms with Crippen LogP contribution in [0.1, 0.15) is 12.0 Å². The quantitative estimate of drug-likeness (QED) is 0.660. The number of halogens is 3. The molecule has 0 unspecified atom stereocenters. The third kappa shape index (κ3) is 3.47. The average Bonchev–Trinajstić information content (AvgIpc) is 2.31. The lowest BCUT2D eigenvalue weighted by Gasteiger charge is -2.30. The van der Waals surface area contributed by atoms with E-state index in [4.69, 9.17) is 0 Å². The van der Waals surface area contributed by atoms with E-state index in [9.17, 15) is 4.39 Å². The molecule has 0 saturated carbocycles. The molecule has 0 nitrogen and oxygen atoms in total. The van der Waals surface area contributed by atoms with Crippen molar-refractivity contribution in [1.29, 1.82) is 0 Å². The zero-order valence-corrected chi connectivity index (χ0v) is 13.2. The molecule has 0 saturated heterocycles. The van der Waals surface area contributed by atoms with Crippen molar-refractivity contribution >= 4 is 43.6 Å². The Morgan fingerprint density at radius 2 is 2.00 bits per heavy atom. The normalized spacial score (nSPS) is 11.8. The molecule has 0 N–H and O–H groups in total. The molecule has 1 aromatic carbocycles. The fourth-order valence-corrected chi connectivity index (χ4v) is 4.32. The first kappa shape index (κ1) is 14.5. The van der Waals surface area contributed by atoms with Gasteiger partial charge >= 0.3 is 0 Å². The van der Waals surface area contributed by atoms with E-state index in [1.807, 2.05) is 17.8 Å². The van der Waals surface area contributed by atoms with E-state index in [0.29, 0.717) is 0 Å². The number of benzene rings is 1. The highest BCUT2D eigenvalue weighted by Crippen LogP contribution is 2.33. The first-order chi connectivity index (χ1) is 7.68. The van der Waals surface area contributed by atoms with Crippen LogP contribution in [0, 0.1) is 5.82 Å². The van der Waals surface area contributed by atoms with E-state index >= 15 is 0 Å². The summed E-state index contributed by atoms with van der Waals surface area (Å²) >= 11 is 8.95. The highest BCUT2D eigenvalue weighted by molar-refractivity contribution is 9.09. The molecule has 0 aromatic heterocycles. The second-order valence-corrected chi connectivity index (χ2v) is 5.91. The highest BCUT2D eigenvalue weighted by atomic mass is 79.9. The first-order valence-corrected chi connectivity index (χ1v) is 8.69. The second-order valence-electron chi connectivity index (χ2n) is 3.80. The lowest BCUT2D eigenvalue weighted by molar-refractivity contribution is 0.530. The number of rotatable bonds is 6. The third-order valence-corrected chi connectivity index (χ3v) is 5.49. The van der Waals surface area contributed by atoms with Gasteiger partial charge in [-0.2, -0.15) is 11.8 Å². The van der Waals surface area contributed by atoms with Gasteiger partial charge in [-0.05, 0) is 36.1 Å². The van der Waals surface area contributed by atoms with Crippen LogP contribution >= 0.6 is 43.6 Å². The van der Waals surface area contributed by atoms with Crippen molar-refractivity contribution < 1.29 is 4.39 Å². The summed E-state index contributed by atoms with van der Waals surface area (Å²) in [6.45, 7) is 0. The molecule has 0 aliphatic carbocycles. The summed E-state index contributed by atoms with van der Waals surface area (Å²) in [7, 11) is 0. The molecule has 0 aliphatic rings. The lowest BCUT2D eigenvalue weighted by atomic mass is 9.82. The predicted octanol–water partition coefficient (Wildman–Crippen LogP) is 4.61. The number of alkyl halides is 2. The van der Waals surface area contributed by atoms with Gasteiger partial charge in [0.05, 0.1) is 0 Å². The van der Waals surface area contributed by atoms with Crippen molar-refractivity contribution in [2.24, 2.45) is 0 Å². The van der Waals surface area contributed by atoms with Gasteiger partial charge in [-0.1, -0.05) is 44.0 Å². The van der Waals surface area contributed by atoms with Crippen molar-refractivity contribution in [2.75, 3.05) is 22.7 Å². The molecule has 0 amide bonds. The first-order valence-electron chi connectivity index (χ1n) is 5.05. The maximum atomic E-state index is 13.3. The van der Waals surface area contributed by atoms with Crippen molar-refractivity contribution in [1.82, 2.24) is 0 Å². The summed E-state index contributed by atoms with van der Waals surface area (Å²) in [5.41, 5.74) is 1.06. The van der Waals surface area contributed by atoms with Crippen molar-refractivity contribution in [3.63, 3.8) is 0 Å². The van der Waals surface area contributed by atoms with Crippen molar-refractivity contribution in [2.45, 2.75) is 11.8 Å². The van der Waals surface area contributed by atoms with Crippen molar-refractivity contribution in [3.8, 4) is 0 Å². The lowest BCUT2D eigenvalue weighted by Crippen LogP contribution is -2.31. The summed E-state index contributed by atoms with van der Waals surface area (Å²) < 4.78 is 13.3. The molecule has 0 atom stereocenters. The van der Waals surface area contributed by atoms with E-state index in [0.717, 1.165) is 28.4 Å². The fraction of sp³-hybridized carbons (Fsp3) is 0.500. The molecule has 0 radical (unpaired) electrons. The minimum atomic E-state index is -0.159. The molecule has 0 fully saturated rings. The SMILES string of the molecule is CSCCC(CBr)(CBr)c1cccc(F)c1. The number of thioether (sulfide) groups is 1. The van der Waals surface area contributed by atoms with Gasteiger partial charge < -0.3 is 0 Å². The van der Waals surface area contributed by atoms with Gasteiger partial charge in [-0.25, -0.2) is 4.39 Å². The number of hydrogen-bond acceptors (Lipinski definition) is 1. The molecule has 0 heterocycles. The predicted molar refractivity (Wildman–Crippen MR) is 78.7 cm³/mol. The largest absolute Gasteiger partial charge is 0.207 e. The van der Waals surface area contributed by atoms with Gasteiger partial charge in [0, 0.05) is 16.1 Å². The van der Waals surface area contributed by atoms with E-state index in [1.54, 1.807) is 12.1 Å². The molecule has 0 aliphatic heterocycles. The topological polar surface area (TPSA) is 0 Å². The number of hydrogen-bond donors (Lipinski definition) is 0. The van der Waals surface area contributed by atoms with E-state index in [2.05, 4.69) is 38.1 Å². The van der Waals surface area contributed by atoms with Crippen LogP contribution in [-0.4, -0.2) is 22.7 Å². The summed E-state index contributed by atoms with van der Waals surface area (Å²) in [6.07, 6.45) is 3.13. The van der Waals surface area contributed by atoms with Crippen LogP contribution in [0.4, 0.5) is 4.39 Å². The van der Waals surface area contributed by atoms with E-state index in [1.165, 1.54) is 6.07 Å². The smallest absolute Gasteiger partial charge is 0.123 e. The summed E-state index contributed by atoms with van der Waals surface area (Å²) in [5.74, 6) is 0.918. The van der Waals surface area contributed by atoms with Gasteiger partial charge in [0.2, 0.25) is 0 Å². The Labute approximate surface area is 118 Å². The molecule has 4 heteroatoms. The summed E-state index contributed by atoms with van der Waals surface area (Å²) in [4.78, 5) is 0. The van der Waals surface area contributed by atoms with E-state index in [-0.39, 0.29) is 11.2 Å². The van der Waals surface area contributed by atoms with E-state index < -0.39 is 0 Å². The highest BCUT2D eigenvalue weighted by Gasteiger charge is 2.29. The van der Waals surface area contributed by atoms with Crippen LogP contribution in [0.15, 0.2) is 24.3 Å². The molecule has 0 bridgehead atoms. The van der Waals surface area contributed by atoms with Gasteiger partial charge in [-0.3, -0.25) is 0 Å². The van der Waals surface area contributed by atoms with Crippen LogP contribution in [0.5, 0.6) is 0 Å². The second kappa shape index (κ2) is 7.02. The molecule has 0 spiro atoms. The van der Waals surface area contributed by atoms with Gasteiger partial charge in [0.15, 0.2) is 0 Å². The maximum absolute atomic E-state index is 13.3.